The van der Waals surface area contributed by atoms with Gasteiger partial charge in [-0.15, -0.1) is 11.8 Å². The van der Waals surface area contributed by atoms with Crippen LogP contribution in [0.3, 0.4) is 0 Å². The number of benzene rings is 1. The van der Waals surface area contributed by atoms with E-state index in [4.69, 9.17) is 0 Å². The minimum Gasteiger partial charge on any atom is -0.331 e. The van der Waals surface area contributed by atoms with Crippen molar-refractivity contribution in [1.29, 1.82) is 0 Å². The van der Waals surface area contributed by atoms with Gasteiger partial charge in [-0.05, 0) is 36.8 Å². The SMILES string of the molecule is CCSc1cc(C(=O)N(Cc2ccccc2F)C2CC2)ccn1. The first-order valence-corrected chi connectivity index (χ1v) is 8.81. The average Bonchev–Trinajstić information content (AvgIpc) is 3.39. The summed E-state index contributed by atoms with van der Waals surface area (Å²) in [6.07, 6.45) is 3.64. The molecule has 1 aromatic carbocycles. The van der Waals surface area contributed by atoms with Crippen molar-refractivity contribution < 1.29 is 9.18 Å². The Kier molecular flexibility index (Phi) is 4.96. The zero-order valence-electron chi connectivity index (χ0n) is 13.0. The molecule has 1 aromatic heterocycles. The summed E-state index contributed by atoms with van der Waals surface area (Å²) in [5, 5.41) is 0.847. The van der Waals surface area contributed by atoms with Gasteiger partial charge in [-0.2, -0.15) is 0 Å². The first-order valence-electron chi connectivity index (χ1n) is 7.82. The first kappa shape index (κ1) is 16.0. The second kappa shape index (κ2) is 7.13. The van der Waals surface area contributed by atoms with Crippen LogP contribution < -0.4 is 0 Å². The number of nitrogens with zero attached hydrogens (tertiary/aromatic N) is 2. The predicted molar refractivity (Wildman–Crippen MR) is 89.9 cm³/mol. The number of rotatable bonds is 6. The molecule has 2 aromatic rings. The third kappa shape index (κ3) is 3.91. The van der Waals surface area contributed by atoms with Crippen LogP contribution in [0.15, 0.2) is 47.6 Å². The van der Waals surface area contributed by atoms with E-state index >= 15 is 0 Å². The van der Waals surface area contributed by atoms with Crippen molar-refractivity contribution in [2.24, 2.45) is 0 Å². The van der Waals surface area contributed by atoms with E-state index < -0.39 is 0 Å². The number of aromatic nitrogens is 1. The molecule has 1 aliphatic carbocycles. The van der Waals surface area contributed by atoms with Crippen molar-refractivity contribution in [3.8, 4) is 0 Å². The summed E-state index contributed by atoms with van der Waals surface area (Å²) in [5.41, 5.74) is 1.18. The molecule has 3 rings (SSSR count). The smallest absolute Gasteiger partial charge is 0.254 e. The van der Waals surface area contributed by atoms with Crippen LogP contribution in [0.25, 0.3) is 0 Å². The van der Waals surface area contributed by atoms with Crippen molar-refractivity contribution in [2.75, 3.05) is 5.75 Å². The molecule has 0 bridgehead atoms. The molecule has 0 saturated heterocycles. The molecule has 120 valence electrons. The zero-order valence-corrected chi connectivity index (χ0v) is 13.9. The highest BCUT2D eigenvalue weighted by Crippen LogP contribution is 2.30. The Morgan fingerprint density at radius 2 is 2.13 bits per heavy atom. The molecule has 23 heavy (non-hydrogen) atoms. The molecule has 1 aliphatic rings. The van der Waals surface area contributed by atoms with Gasteiger partial charge in [0.15, 0.2) is 0 Å². The summed E-state index contributed by atoms with van der Waals surface area (Å²) in [6.45, 7) is 2.37. The summed E-state index contributed by atoms with van der Waals surface area (Å²) in [7, 11) is 0. The molecular formula is C18H19FN2OS. The van der Waals surface area contributed by atoms with Crippen LogP contribution in [-0.4, -0.2) is 27.6 Å². The van der Waals surface area contributed by atoms with Gasteiger partial charge in [0.05, 0.1) is 5.03 Å². The number of hydrogen-bond acceptors (Lipinski definition) is 3. The van der Waals surface area contributed by atoms with Gasteiger partial charge >= 0.3 is 0 Å². The molecule has 1 amide bonds. The molecular weight excluding hydrogens is 311 g/mol. The van der Waals surface area contributed by atoms with Gasteiger partial charge in [-0.3, -0.25) is 4.79 Å². The maximum atomic E-state index is 13.9. The van der Waals surface area contributed by atoms with Gasteiger partial charge in [0.25, 0.3) is 5.91 Å². The van der Waals surface area contributed by atoms with E-state index in [-0.39, 0.29) is 17.8 Å². The fraction of sp³-hybridized carbons (Fsp3) is 0.333. The normalized spacial score (nSPS) is 13.8. The van der Waals surface area contributed by atoms with Crippen molar-refractivity contribution in [3.63, 3.8) is 0 Å². The second-order valence-electron chi connectivity index (χ2n) is 5.57. The molecule has 0 unspecified atom stereocenters. The van der Waals surface area contributed by atoms with E-state index in [9.17, 15) is 9.18 Å². The van der Waals surface area contributed by atoms with Crippen LogP contribution in [0.5, 0.6) is 0 Å². The molecule has 1 fully saturated rings. The number of halogens is 1. The van der Waals surface area contributed by atoms with Crippen LogP contribution in [-0.2, 0) is 6.54 Å². The molecule has 0 radical (unpaired) electrons. The summed E-state index contributed by atoms with van der Waals surface area (Å²) in [5.74, 6) is 0.602. The maximum Gasteiger partial charge on any atom is 0.254 e. The Bertz CT molecular complexity index is 703. The lowest BCUT2D eigenvalue weighted by molar-refractivity contribution is 0.0728. The molecule has 1 saturated carbocycles. The predicted octanol–water partition coefficient (Wildman–Crippen LogP) is 4.14. The molecule has 3 nitrogen and oxygen atoms in total. The van der Waals surface area contributed by atoms with Crippen LogP contribution in [0.1, 0.15) is 35.7 Å². The van der Waals surface area contributed by atoms with E-state index in [0.29, 0.717) is 17.7 Å². The fourth-order valence-electron chi connectivity index (χ4n) is 2.50. The van der Waals surface area contributed by atoms with E-state index in [1.54, 1.807) is 47.1 Å². The monoisotopic (exact) mass is 330 g/mol. The van der Waals surface area contributed by atoms with Crippen molar-refractivity contribution in [3.05, 3.63) is 59.5 Å². The highest BCUT2D eigenvalue weighted by Gasteiger charge is 2.33. The highest BCUT2D eigenvalue weighted by molar-refractivity contribution is 7.99. The number of amides is 1. The van der Waals surface area contributed by atoms with Gasteiger partial charge < -0.3 is 4.90 Å². The molecule has 5 heteroatoms. The average molecular weight is 330 g/mol. The van der Waals surface area contributed by atoms with E-state index in [0.717, 1.165) is 23.6 Å². The summed E-state index contributed by atoms with van der Waals surface area (Å²) >= 11 is 1.61. The third-order valence-electron chi connectivity index (χ3n) is 3.82. The van der Waals surface area contributed by atoms with Crippen LogP contribution >= 0.6 is 11.8 Å². The Balaban J connectivity index is 1.82. The molecule has 0 aliphatic heterocycles. The number of hydrogen-bond donors (Lipinski definition) is 0. The van der Waals surface area contributed by atoms with Crippen LogP contribution in [0.4, 0.5) is 4.39 Å². The van der Waals surface area contributed by atoms with Gasteiger partial charge in [-0.1, -0.05) is 25.1 Å². The number of carbonyl (C=O) groups is 1. The lowest BCUT2D eigenvalue weighted by atomic mass is 10.1. The number of thioether (sulfide) groups is 1. The van der Waals surface area contributed by atoms with Gasteiger partial charge in [0.2, 0.25) is 0 Å². The van der Waals surface area contributed by atoms with Crippen molar-refractivity contribution in [2.45, 2.75) is 37.4 Å². The minimum atomic E-state index is -0.261. The third-order valence-corrected chi connectivity index (χ3v) is 4.63. The second-order valence-corrected chi connectivity index (χ2v) is 6.86. The van der Waals surface area contributed by atoms with Crippen molar-refractivity contribution in [1.82, 2.24) is 9.88 Å². The number of carbonyl (C=O) groups excluding carboxylic acids is 1. The summed E-state index contributed by atoms with van der Waals surface area (Å²) < 4.78 is 13.9. The first-order chi connectivity index (χ1) is 11.2. The Morgan fingerprint density at radius 1 is 1.35 bits per heavy atom. The number of pyridine rings is 1. The maximum absolute atomic E-state index is 13.9. The van der Waals surface area contributed by atoms with Gasteiger partial charge in [0.1, 0.15) is 5.82 Å². The van der Waals surface area contributed by atoms with E-state index in [1.165, 1.54) is 6.07 Å². The highest BCUT2D eigenvalue weighted by atomic mass is 32.2. The topological polar surface area (TPSA) is 33.2 Å². The lowest BCUT2D eigenvalue weighted by Gasteiger charge is -2.23. The zero-order chi connectivity index (χ0) is 16.2. The largest absolute Gasteiger partial charge is 0.331 e. The fourth-order valence-corrected chi connectivity index (χ4v) is 3.14. The van der Waals surface area contributed by atoms with Crippen molar-refractivity contribution >= 4 is 17.7 Å². The molecule has 0 spiro atoms. The summed E-state index contributed by atoms with van der Waals surface area (Å²) in [6, 6.07) is 10.4. The Labute approximate surface area is 139 Å². The molecule has 1 heterocycles. The van der Waals surface area contributed by atoms with Gasteiger partial charge in [-0.25, -0.2) is 9.37 Å². The molecule has 0 atom stereocenters. The Morgan fingerprint density at radius 3 is 2.83 bits per heavy atom. The summed E-state index contributed by atoms with van der Waals surface area (Å²) in [4.78, 5) is 18.9. The van der Waals surface area contributed by atoms with Gasteiger partial charge in [0, 0.05) is 29.9 Å². The van der Waals surface area contributed by atoms with Crippen LogP contribution in [0.2, 0.25) is 0 Å². The Hall–Kier alpha value is -1.88. The quantitative estimate of drug-likeness (QED) is 0.747. The van der Waals surface area contributed by atoms with E-state index in [1.807, 2.05) is 6.07 Å². The van der Waals surface area contributed by atoms with Crippen LogP contribution in [0, 0.1) is 5.82 Å². The minimum absolute atomic E-state index is 0.0453. The molecule has 0 N–H and O–H groups in total. The van der Waals surface area contributed by atoms with E-state index in [2.05, 4.69) is 11.9 Å². The standard InChI is InChI=1S/C18H19FN2OS/c1-2-23-17-11-13(9-10-20-17)18(22)21(15-7-8-15)12-14-5-3-4-6-16(14)19/h3-6,9-11,15H,2,7-8,12H2,1H3. The lowest BCUT2D eigenvalue weighted by Crippen LogP contribution is -2.33.